The molecule has 0 saturated heterocycles. The predicted octanol–water partition coefficient (Wildman–Crippen LogP) is 2.78. The molecule has 3 aromatic carbocycles. The standard InChI is InChI=1S/C22H18O7/c23-13-5-1-11(2-6-13)9-15-16(25)10-17(26)18-19(27)20(28)21(29-22(15)18)12-3-7-14(24)8-4-12/h1-8,10,20-21,23-26,28H,9H2. The molecule has 7 heteroatoms. The van der Waals surface area contributed by atoms with Gasteiger partial charge in [-0.15, -0.1) is 0 Å². The van der Waals surface area contributed by atoms with Gasteiger partial charge in [0.25, 0.3) is 0 Å². The van der Waals surface area contributed by atoms with Crippen molar-refractivity contribution in [2.24, 2.45) is 0 Å². The van der Waals surface area contributed by atoms with Gasteiger partial charge in [-0.05, 0) is 35.4 Å². The van der Waals surface area contributed by atoms with Crippen molar-refractivity contribution in [1.29, 1.82) is 0 Å². The Morgan fingerprint density at radius 3 is 2.03 bits per heavy atom. The molecule has 0 radical (unpaired) electrons. The zero-order valence-electron chi connectivity index (χ0n) is 15.1. The van der Waals surface area contributed by atoms with E-state index < -0.39 is 23.7 Å². The summed E-state index contributed by atoms with van der Waals surface area (Å²) in [6, 6.07) is 13.2. The third-order valence-corrected chi connectivity index (χ3v) is 4.93. The van der Waals surface area contributed by atoms with Crippen molar-refractivity contribution in [2.75, 3.05) is 0 Å². The first kappa shape index (κ1) is 18.6. The summed E-state index contributed by atoms with van der Waals surface area (Å²) in [4.78, 5) is 12.8. The molecule has 3 aromatic rings. The maximum absolute atomic E-state index is 12.8. The Kier molecular flexibility index (Phi) is 4.52. The third kappa shape index (κ3) is 3.32. The molecule has 0 bridgehead atoms. The van der Waals surface area contributed by atoms with Crippen LogP contribution in [0, 0.1) is 0 Å². The van der Waals surface area contributed by atoms with E-state index in [2.05, 4.69) is 0 Å². The normalized spacial score (nSPS) is 18.2. The van der Waals surface area contributed by atoms with E-state index in [-0.39, 0.29) is 40.5 Å². The van der Waals surface area contributed by atoms with Gasteiger partial charge in [0.15, 0.2) is 12.2 Å². The Morgan fingerprint density at radius 1 is 0.828 bits per heavy atom. The largest absolute Gasteiger partial charge is 0.508 e. The molecule has 0 saturated carbocycles. The number of carbonyl (C=O) groups excluding carboxylic acids is 1. The molecule has 2 atom stereocenters. The van der Waals surface area contributed by atoms with Gasteiger partial charge in [0, 0.05) is 18.1 Å². The summed E-state index contributed by atoms with van der Waals surface area (Å²) in [5.41, 5.74) is 1.26. The van der Waals surface area contributed by atoms with Crippen LogP contribution in [0.3, 0.4) is 0 Å². The number of aromatic hydroxyl groups is 4. The molecule has 5 N–H and O–H groups in total. The minimum Gasteiger partial charge on any atom is -0.508 e. The number of ketones is 1. The number of benzene rings is 3. The van der Waals surface area contributed by atoms with Crippen LogP contribution in [0.1, 0.15) is 33.2 Å². The summed E-state index contributed by atoms with van der Waals surface area (Å²) in [7, 11) is 0. The Hall–Kier alpha value is -3.71. The fraction of sp³-hybridized carbons (Fsp3) is 0.136. The molecule has 7 nitrogen and oxygen atoms in total. The lowest BCUT2D eigenvalue weighted by atomic mass is 9.89. The fourth-order valence-electron chi connectivity index (χ4n) is 3.42. The number of fused-ring (bicyclic) bond motifs is 1. The second-order valence-electron chi connectivity index (χ2n) is 6.88. The smallest absolute Gasteiger partial charge is 0.202 e. The molecule has 4 rings (SSSR count). The van der Waals surface area contributed by atoms with Crippen molar-refractivity contribution in [3.05, 3.63) is 76.9 Å². The molecule has 0 aliphatic carbocycles. The molecular weight excluding hydrogens is 376 g/mol. The van der Waals surface area contributed by atoms with Crippen LogP contribution in [0.5, 0.6) is 28.7 Å². The molecular formula is C22H18O7. The monoisotopic (exact) mass is 394 g/mol. The highest BCUT2D eigenvalue weighted by Gasteiger charge is 2.40. The number of hydrogen-bond donors (Lipinski definition) is 5. The average Bonchev–Trinajstić information content (AvgIpc) is 2.69. The zero-order chi connectivity index (χ0) is 20.7. The Bertz CT molecular complexity index is 1070. The maximum atomic E-state index is 12.8. The van der Waals surface area contributed by atoms with Gasteiger partial charge in [0.05, 0.1) is 0 Å². The SMILES string of the molecule is O=C1c2c(O)cc(O)c(Cc3ccc(O)cc3)c2OC(c2ccc(O)cc2)C1O. The van der Waals surface area contributed by atoms with E-state index in [4.69, 9.17) is 4.74 Å². The number of hydrogen-bond acceptors (Lipinski definition) is 7. The highest BCUT2D eigenvalue weighted by atomic mass is 16.5. The molecule has 1 aliphatic heterocycles. The van der Waals surface area contributed by atoms with Crippen LogP contribution >= 0.6 is 0 Å². The first-order valence-electron chi connectivity index (χ1n) is 8.88. The van der Waals surface area contributed by atoms with Gasteiger partial charge in [-0.3, -0.25) is 4.79 Å². The molecule has 0 fully saturated rings. The molecule has 0 aromatic heterocycles. The van der Waals surface area contributed by atoms with Crippen LogP contribution in [0.2, 0.25) is 0 Å². The zero-order valence-corrected chi connectivity index (χ0v) is 15.1. The van der Waals surface area contributed by atoms with Crippen LogP contribution in [0.15, 0.2) is 54.6 Å². The highest BCUT2D eigenvalue weighted by Crippen LogP contribution is 2.46. The van der Waals surface area contributed by atoms with E-state index in [9.17, 15) is 30.3 Å². The van der Waals surface area contributed by atoms with Crippen LogP contribution < -0.4 is 4.74 Å². The third-order valence-electron chi connectivity index (χ3n) is 4.93. The molecule has 0 spiro atoms. The minimum atomic E-state index is -1.57. The van der Waals surface area contributed by atoms with Gasteiger partial charge in [-0.1, -0.05) is 24.3 Å². The second-order valence-corrected chi connectivity index (χ2v) is 6.88. The van der Waals surface area contributed by atoms with Crippen molar-refractivity contribution >= 4 is 5.78 Å². The quantitative estimate of drug-likeness (QED) is 0.462. The van der Waals surface area contributed by atoms with Gasteiger partial charge >= 0.3 is 0 Å². The van der Waals surface area contributed by atoms with Gasteiger partial charge in [-0.25, -0.2) is 0 Å². The van der Waals surface area contributed by atoms with Crippen molar-refractivity contribution in [2.45, 2.75) is 18.6 Å². The fourth-order valence-corrected chi connectivity index (χ4v) is 3.42. The number of phenolic OH excluding ortho intramolecular Hbond substituents is 4. The number of phenols is 4. The number of carbonyl (C=O) groups is 1. The van der Waals surface area contributed by atoms with Crippen LogP contribution in [0.4, 0.5) is 0 Å². The van der Waals surface area contributed by atoms with E-state index in [1.165, 1.54) is 36.4 Å². The lowest BCUT2D eigenvalue weighted by Crippen LogP contribution is -2.36. The molecule has 29 heavy (non-hydrogen) atoms. The summed E-state index contributed by atoms with van der Waals surface area (Å²) in [5, 5.41) is 50.0. The highest BCUT2D eigenvalue weighted by molar-refractivity contribution is 6.06. The van der Waals surface area contributed by atoms with Crippen LogP contribution in [0.25, 0.3) is 0 Å². The van der Waals surface area contributed by atoms with E-state index in [1.807, 2.05) is 0 Å². The first-order chi connectivity index (χ1) is 13.8. The lowest BCUT2D eigenvalue weighted by Gasteiger charge is -2.32. The van der Waals surface area contributed by atoms with Crippen LogP contribution in [-0.4, -0.2) is 37.4 Å². The Labute approximate surface area is 165 Å². The maximum Gasteiger partial charge on any atom is 0.202 e. The number of rotatable bonds is 3. The minimum absolute atomic E-state index is 0.0102. The lowest BCUT2D eigenvalue weighted by molar-refractivity contribution is 0.0206. The van der Waals surface area contributed by atoms with Gasteiger partial charge < -0.3 is 30.3 Å². The van der Waals surface area contributed by atoms with Crippen molar-refractivity contribution < 1.29 is 35.1 Å². The molecule has 2 unspecified atom stereocenters. The van der Waals surface area contributed by atoms with E-state index in [0.29, 0.717) is 5.56 Å². The number of Topliss-reactive ketones (excluding diaryl/α,β-unsaturated/α-hetero) is 1. The first-order valence-corrected chi connectivity index (χ1v) is 8.88. The number of ether oxygens (including phenoxy) is 1. The van der Waals surface area contributed by atoms with Gasteiger partial charge in [-0.2, -0.15) is 0 Å². The topological polar surface area (TPSA) is 127 Å². The summed E-state index contributed by atoms with van der Waals surface area (Å²) >= 11 is 0. The molecule has 0 amide bonds. The summed E-state index contributed by atoms with van der Waals surface area (Å²) in [5.74, 6) is -1.37. The van der Waals surface area contributed by atoms with Crippen LogP contribution in [-0.2, 0) is 6.42 Å². The summed E-state index contributed by atoms with van der Waals surface area (Å²) in [6.07, 6.45) is -2.47. The molecule has 1 aliphatic rings. The predicted molar refractivity (Wildman–Crippen MR) is 102 cm³/mol. The average molecular weight is 394 g/mol. The Morgan fingerprint density at radius 2 is 1.41 bits per heavy atom. The summed E-state index contributed by atoms with van der Waals surface area (Å²) < 4.78 is 5.91. The second kappa shape index (κ2) is 7.03. The number of aliphatic hydroxyl groups excluding tert-OH is 1. The molecule has 148 valence electrons. The van der Waals surface area contributed by atoms with Gasteiger partial charge in [0.1, 0.15) is 34.3 Å². The number of aliphatic hydroxyl groups is 1. The van der Waals surface area contributed by atoms with Gasteiger partial charge in [0.2, 0.25) is 5.78 Å². The van der Waals surface area contributed by atoms with E-state index in [0.717, 1.165) is 11.6 Å². The van der Waals surface area contributed by atoms with E-state index >= 15 is 0 Å². The van der Waals surface area contributed by atoms with Crippen molar-refractivity contribution in [3.8, 4) is 28.7 Å². The van der Waals surface area contributed by atoms with E-state index in [1.54, 1.807) is 12.1 Å². The van der Waals surface area contributed by atoms with Crippen molar-refractivity contribution in [3.63, 3.8) is 0 Å². The molecule has 1 heterocycles. The van der Waals surface area contributed by atoms with Crippen molar-refractivity contribution in [1.82, 2.24) is 0 Å². The Balaban J connectivity index is 1.81. The summed E-state index contributed by atoms with van der Waals surface area (Å²) in [6.45, 7) is 0.